The molecular weight excluding hydrogens is 290 g/mol. The average molecular weight is 313 g/mol. The van der Waals surface area contributed by atoms with Gasteiger partial charge >= 0.3 is 0 Å². The van der Waals surface area contributed by atoms with Gasteiger partial charge in [-0.25, -0.2) is 8.42 Å². The molecular formula is C15H23NO4S. The van der Waals surface area contributed by atoms with Crippen molar-refractivity contribution in [1.29, 1.82) is 0 Å². The molecule has 118 valence electrons. The standard InChI is InChI=1S/C15H23NO4S/c1-2-11-20-14-3-5-15(6-4-14)21(18,19)16-9-7-13(12-17)8-10-16/h3-6,13,17H,2,7-12H2,1H3. The van der Waals surface area contributed by atoms with Gasteiger partial charge in [-0.05, 0) is 49.4 Å². The molecule has 0 saturated carbocycles. The number of sulfonamides is 1. The fourth-order valence-corrected chi connectivity index (χ4v) is 3.88. The highest BCUT2D eigenvalue weighted by Crippen LogP contribution is 2.24. The van der Waals surface area contributed by atoms with Gasteiger partial charge in [0.2, 0.25) is 10.0 Å². The predicted molar refractivity (Wildman–Crippen MR) is 80.8 cm³/mol. The molecule has 1 heterocycles. The molecule has 1 aliphatic rings. The summed E-state index contributed by atoms with van der Waals surface area (Å²) in [6.07, 6.45) is 2.35. The van der Waals surface area contributed by atoms with E-state index in [1.807, 2.05) is 6.92 Å². The molecule has 0 spiro atoms. The van der Waals surface area contributed by atoms with Gasteiger partial charge in [-0.15, -0.1) is 0 Å². The van der Waals surface area contributed by atoms with Gasteiger partial charge in [-0.1, -0.05) is 6.92 Å². The number of ether oxygens (including phenoxy) is 1. The van der Waals surface area contributed by atoms with E-state index in [1.165, 1.54) is 4.31 Å². The van der Waals surface area contributed by atoms with E-state index in [0.717, 1.165) is 6.42 Å². The number of rotatable bonds is 6. The summed E-state index contributed by atoms with van der Waals surface area (Å²) >= 11 is 0. The normalized spacial score (nSPS) is 17.8. The van der Waals surface area contributed by atoms with Crippen molar-refractivity contribution in [2.75, 3.05) is 26.3 Å². The molecule has 0 bridgehead atoms. The summed E-state index contributed by atoms with van der Waals surface area (Å²) in [5.74, 6) is 0.913. The molecule has 5 nitrogen and oxygen atoms in total. The van der Waals surface area contributed by atoms with Crippen LogP contribution in [0.2, 0.25) is 0 Å². The van der Waals surface area contributed by atoms with E-state index < -0.39 is 10.0 Å². The summed E-state index contributed by atoms with van der Waals surface area (Å²) in [6, 6.07) is 6.59. The average Bonchev–Trinajstić information content (AvgIpc) is 2.53. The summed E-state index contributed by atoms with van der Waals surface area (Å²) in [4.78, 5) is 0.300. The van der Waals surface area contributed by atoms with Crippen LogP contribution >= 0.6 is 0 Å². The second kappa shape index (κ2) is 7.24. The van der Waals surface area contributed by atoms with Crippen LogP contribution in [0.3, 0.4) is 0 Å². The molecule has 21 heavy (non-hydrogen) atoms. The summed E-state index contributed by atoms with van der Waals surface area (Å²) < 4.78 is 32.0. The van der Waals surface area contributed by atoms with E-state index in [0.29, 0.717) is 43.2 Å². The number of nitrogens with zero attached hydrogens (tertiary/aromatic N) is 1. The highest BCUT2D eigenvalue weighted by atomic mass is 32.2. The van der Waals surface area contributed by atoms with E-state index in [1.54, 1.807) is 24.3 Å². The maximum Gasteiger partial charge on any atom is 0.243 e. The van der Waals surface area contributed by atoms with Crippen LogP contribution in [0.4, 0.5) is 0 Å². The lowest BCUT2D eigenvalue weighted by molar-refractivity contribution is 0.170. The first-order chi connectivity index (χ1) is 10.1. The Kier molecular flexibility index (Phi) is 5.61. The third-order valence-corrected chi connectivity index (χ3v) is 5.68. The minimum Gasteiger partial charge on any atom is -0.494 e. The number of piperidine rings is 1. The summed E-state index contributed by atoms with van der Waals surface area (Å²) in [6.45, 7) is 3.73. The molecule has 0 radical (unpaired) electrons. The Morgan fingerprint density at radius 2 is 1.86 bits per heavy atom. The minimum atomic E-state index is -3.43. The lowest BCUT2D eigenvalue weighted by atomic mass is 10.00. The molecule has 1 aromatic rings. The second-order valence-electron chi connectivity index (χ2n) is 5.35. The zero-order valence-electron chi connectivity index (χ0n) is 12.4. The third-order valence-electron chi connectivity index (χ3n) is 3.77. The van der Waals surface area contributed by atoms with Gasteiger partial charge < -0.3 is 9.84 Å². The van der Waals surface area contributed by atoms with Crippen molar-refractivity contribution in [2.24, 2.45) is 5.92 Å². The Morgan fingerprint density at radius 3 is 2.38 bits per heavy atom. The number of aliphatic hydroxyl groups excluding tert-OH is 1. The lowest BCUT2D eigenvalue weighted by Gasteiger charge is -2.30. The Morgan fingerprint density at radius 1 is 1.24 bits per heavy atom. The molecule has 0 aliphatic carbocycles. The maximum absolute atomic E-state index is 12.5. The van der Waals surface area contributed by atoms with Crippen molar-refractivity contribution in [2.45, 2.75) is 31.1 Å². The van der Waals surface area contributed by atoms with Crippen LogP contribution in [-0.2, 0) is 10.0 Å². The van der Waals surface area contributed by atoms with E-state index in [4.69, 9.17) is 9.84 Å². The smallest absolute Gasteiger partial charge is 0.243 e. The van der Waals surface area contributed by atoms with Gasteiger partial charge in [0.25, 0.3) is 0 Å². The number of hydrogen-bond acceptors (Lipinski definition) is 4. The highest BCUT2D eigenvalue weighted by molar-refractivity contribution is 7.89. The van der Waals surface area contributed by atoms with Gasteiger partial charge in [-0.3, -0.25) is 0 Å². The van der Waals surface area contributed by atoms with Gasteiger partial charge in [0, 0.05) is 19.7 Å². The highest BCUT2D eigenvalue weighted by Gasteiger charge is 2.28. The van der Waals surface area contributed by atoms with E-state index in [2.05, 4.69) is 0 Å². The third kappa shape index (κ3) is 3.96. The number of aliphatic hydroxyl groups is 1. The molecule has 6 heteroatoms. The quantitative estimate of drug-likeness (QED) is 0.870. The van der Waals surface area contributed by atoms with Crippen LogP contribution in [0.15, 0.2) is 29.2 Å². The van der Waals surface area contributed by atoms with Crippen LogP contribution in [0.5, 0.6) is 5.75 Å². The van der Waals surface area contributed by atoms with Crippen molar-refractivity contribution in [3.8, 4) is 5.75 Å². The summed E-state index contributed by atoms with van der Waals surface area (Å²) in [5.41, 5.74) is 0. The van der Waals surface area contributed by atoms with Crippen molar-refractivity contribution in [3.05, 3.63) is 24.3 Å². The van der Waals surface area contributed by atoms with Crippen LogP contribution in [-0.4, -0.2) is 44.1 Å². The SMILES string of the molecule is CCCOc1ccc(S(=O)(=O)N2CCC(CO)CC2)cc1. The molecule has 1 aromatic carbocycles. The largest absolute Gasteiger partial charge is 0.494 e. The molecule has 1 aliphatic heterocycles. The van der Waals surface area contributed by atoms with Crippen LogP contribution in [0.1, 0.15) is 26.2 Å². The first kappa shape index (κ1) is 16.3. The molecule has 1 saturated heterocycles. The molecule has 0 amide bonds. The molecule has 0 atom stereocenters. The fourth-order valence-electron chi connectivity index (χ4n) is 2.41. The first-order valence-corrected chi connectivity index (χ1v) is 8.85. The van der Waals surface area contributed by atoms with Crippen LogP contribution < -0.4 is 4.74 Å². The Hall–Kier alpha value is -1.11. The topological polar surface area (TPSA) is 66.8 Å². The summed E-state index contributed by atoms with van der Waals surface area (Å²) in [7, 11) is -3.43. The molecule has 0 unspecified atom stereocenters. The fraction of sp³-hybridized carbons (Fsp3) is 0.600. The zero-order valence-corrected chi connectivity index (χ0v) is 13.2. The Labute approximate surface area is 126 Å². The van der Waals surface area contributed by atoms with E-state index in [9.17, 15) is 8.42 Å². The van der Waals surface area contributed by atoms with Crippen LogP contribution in [0, 0.1) is 5.92 Å². The van der Waals surface area contributed by atoms with Crippen molar-refractivity contribution in [1.82, 2.24) is 4.31 Å². The van der Waals surface area contributed by atoms with Crippen molar-refractivity contribution in [3.63, 3.8) is 0 Å². The molecule has 0 aromatic heterocycles. The van der Waals surface area contributed by atoms with E-state index >= 15 is 0 Å². The van der Waals surface area contributed by atoms with Crippen LogP contribution in [0.25, 0.3) is 0 Å². The predicted octanol–water partition coefficient (Wildman–Crippen LogP) is 1.87. The minimum absolute atomic E-state index is 0.136. The second-order valence-corrected chi connectivity index (χ2v) is 7.29. The number of benzene rings is 1. The Bertz CT molecular complexity index is 533. The first-order valence-electron chi connectivity index (χ1n) is 7.41. The lowest BCUT2D eigenvalue weighted by Crippen LogP contribution is -2.39. The van der Waals surface area contributed by atoms with E-state index in [-0.39, 0.29) is 12.5 Å². The molecule has 2 rings (SSSR count). The van der Waals surface area contributed by atoms with Crippen molar-refractivity contribution >= 4 is 10.0 Å². The Balaban J connectivity index is 2.05. The van der Waals surface area contributed by atoms with Gasteiger partial charge in [0.1, 0.15) is 5.75 Å². The zero-order chi connectivity index (χ0) is 15.3. The van der Waals surface area contributed by atoms with Gasteiger partial charge in [-0.2, -0.15) is 4.31 Å². The molecule has 1 fully saturated rings. The monoisotopic (exact) mass is 313 g/mol. The van der Waals surface area contributed by atoms with Gasteiger partial charge in [0.15, 0.2) is 0 Å². The summed E-state index contributed by atoms with van der Waals surface area (Å²) in [5, 5.41) is 9.12. The molecule has 1 N–H and O–H groups in total. The number of hydrogen-bond donors (Lipinski definition) is 1. The van der Waals surface area contributed by atoms with Crippen molar-refractivity contribution < 1.29 is 18.3 Å². The maximum atomic E-state index is 12.5. The van der Waals surface area contributed by atoms with Gasteiger partial charge in [0.05, 0.1) is 11.5 Å².